The molecule has 3 unspecified atom stereocenters. The van der Waals surface area contributed by atoms with Crippen molar-refractivity contribution < 1.29 is 19.4 Å². The van der Waals surface area contributed by atoms with Gasteiger partial charge in [-0.05, 0) is 26.7 Å². The van der Waals surface area contributed by atoms with Crippen LogP contribution in [0.3, 0.4) is 0 Å². The molecule has 1 amide bonds. The lowest BCUT2D eigenvalue weighted by Gasteiger charge is -2.15. The number of carbonyl (C=O) groups is 2. The number of aryl methyl sites for hydroxylation is 1. The van der Waals surface area contributed by atoms with Crippen molar-refractivity contribution in [3.8, 4) is 0 Å². The van der Waals surface area contributed by atoms with Gasteiger partial charge in [0.2, 0.25) is 5.91 Å². The van der Waals surface area contributed by atoms with Gasteiger partial charge in [-0.3, -0.25) is 4.79 Å². The van der Waals surface area contributed by atoms with E-state index < -0.39 is 18.2 Å². The smallest absolute Gasteiger partial charge is 0.332 e. The van der Waals surface area contributed by atoms with Gasteiger partial charge in [0.05, 0.1) is 6.04 Å². The standard InChI is InChI=1S/C12H16N2O4S/c1-6-5-19-11(13-6)7(2)14-10(15)8-3-4-9(18-8)12(16)17/h5,7-9H,3-4H2,1-2H3,(H,14,15)(H,16,17). The number of hydrogen-bond acceptors (Lipinski definition) is 5. The molecule has 1 aliphatic heterocycles. The van der Waals surface area contributed by atoms with Crippen molar-refractivity contribution in [2.75, 3.05) is 0 Å². The van der Waals surface area contributed by atoms with Crippen LogP contribution in [-0.4, -0.2) is 34.2 Å². The lowest BCUT2D eigenvalue weighted by atomic mass is 10.2. The minimum atomic E-state index is -1.01. The fraction of sp³-hybridized carbons (Fsp3) is 0.583. The minimum Gasteiger partial charge on any atom is -0.479 e. The zero-order valence-corrected chi connectivity index (χ0v) is 11.6. The van der Waals surface area contributed by atoms with Crippen molar-refractivity contribution in [2.24, 2.45) is 0 Å². The molecule has 0 saturated carbocycles. The Morgan fingerprint density at radius 1 is 1.53 bits per heavy atom. The number of aromatic nitrogens is 1. The van der Waals surface area contributed by atoms with E-state index in [1.165, 1.54) is 11.3 Å². The van der Waals surface area contributed by atoms with Crippen LogP contribution in [0.1, 0.15) is 36.5 Å². The third-order valence-corrected chi connectivity index (χ3v) is 4.10. The molecule has 1 aliphatic rings. The zero-order valence-electron chi connectivity index (χ0n) is 10.8. The Morgan fingerprint density at radius 3 is 2.74 bits per heavy atom. The number of carbonyl (C=O) groups excluding carboxylic acids is 1. The number of aliphatic carboxylic acids is 1. The first kappa shape index (κ1) is 14.0. The van der Waals surface area contributed by atoms with Crippen LogP contribution in [0.15, 0.2) is 5.38 Å². The van der Waals surface area contributed by atoms with Gasteiger partial charge in [-0.1, -0.05) is 0 Å². The third-order valence-electron chi connectivity index (χ3n) is 2.95. The predicted molar refractivity (Wildman–Crippen MR) is 68.9 cm³/mol. The monoisotopic (exact) mass is 284 g/mol. The first-order valence-electron chi connectivity index (χ1n) is 6.08. The van der Waals surface area contributed by atoms with Crippen LogP contribution in [0, 0.1) is 6.92 Å². The summed E-state index contributed by atoms with van der Waals surface area (Å²) in [7, 11) is 0. The predicted octanol–water partition coefficient (Wildman–Crippen LogP) is 1.26. The first-order chi connectivity index (χ1) is 8.97. The van der Waals surface area contributed by atoms with E-state index in [2.05, 4.69) is 10.3 Å². The molecular weight excluding hydrogens is 268 g/mol. The molecule has 2 N–H and O–H groups in total. The highest BCUT2D eigenvalue weighted by molar-refractivity contribution is 7.09. The third kappa shape index (κ3) is 3.30. The fourth-order valence-corrected chi connectivity index (χ4v) is 2.75. The van der Waals surface area contributed by atoms with Crippen molar-refractivity contribution in [1.29, 1.82) is 0 Å². The number of ether oxygens (including phenoxy) is 1. The maximum atomic E-state index is 12.0. The molecule has 0 spiro atoms. The summed E-state index contributed by atoms with van der Waals surface area (Å²) in [5.74, 6) is -1.29. The van der Waals surface area contributed by atoms with Crippen LogP contribution in [0.2, 0.25) is 0 Å². The largest absolute Gasteiger partial charge is 0.479 e. The molecule has 1 aromatic rings. The van der Waals surface area contributed by atoms with E-state index in [0.29, 0.717) is 12.8 Å². The molecule has 2 heterocycles. The van der Waals surface area contributed by atoms with E-state index in [0.717, 1.165) is 10.7 Å². The second-order valence-electron chi connectivity index (χ2n) is 4.59. The number of nitrogens with one attached hydrogen (secondary N) is 1. The molecule has 3 atom stereocenters. The fourth-order valence-electron chi connectivity index (χ4n) is 1.95. The molecular formula is C12H16N2O4S. The molecule has 104 valence electrons. The van der Waals surface area contributed by atoms with Gasteiger partial charge in [0, 0.05) is 11.1 Å². The van der Waals surface area contributed by atoms with Gasteiger partial charge in [0.25, 0.3) is 0 Å². The quantitative estimate of drug-likeness (QED) is 0.869. The average Bonchev–Trinajstić information content (AvgIpc) is 2.96. The Labute approximate surface area is 114 Å². The van der Waals surface area contributed by atoms with E-state index in [1.54, 1.807) is 0 Å². The van der Waals surface area contributed by atoms with E-state index in [1.807, 2.05) is 19.2 Å². The lowest BCUT2D eigenvalue weighted by molar-refractivity contribution is -0.151. The van der Waals surface area contributed by atoms with Gasteiger partial charge in [0.1, 0.15) is 11.1 Å². The number of rotatable bonds is 4. The van der Waals surface area contributed by atoms with Crippen LogP contribution in [0.4, 0.5) is 0 Å². The summed E-state index contributed by atoms with van der Waals surface area (Å²) < 4.78 is 5.20. The van der Waals surface area contributed by atoms with Crippen LogP contribution in [0.5, 0.6) is 0 Å². The van der Waals surface area contributed by atoms with Gasteiger partial charge in [-0.15, -0.1) is 11.3 Å². The summed E-state index contributed by atoms with van der Waals surface area (Å²) in [5, 5.41) is 14.4. The van der Waals surface area contributed by atoms with Gasteiger partial charge in [0.15, 0.2) is 6.10 Å². The zero-order chi connectivity index (χ0) is 14.0. The van der Waals surface area contributed by atoms with Crippen molar-refractivity contribution >= 4 is 23.2 Å². The number of amides is 1. The van der Waals surface area contributed by atoms with Gasteiger partial charge >= 0.3 is 5.97 Å². The molecule has 7 heteroatoms. The first-order valence-corrected chi connectivity index (χ1v) is 6.96. The summed E-state index contributed by atoms with van der Waals surface area (Å²) in [6.45, 7) is 3.74. The maximum absolute atomic E-state index is 12.0. The van der Waals surface area contributed by atoms with E-state index in [-0.39, 0.29) is 11.9 Å². The van der Waals surface area contributed by atoms with E-state index >= 15 is 0 Å². The summed E-state index contributed by atoms with van der Waals surface area (Å²) in [4.78, 5) is 27.0. The van der Waals surface area contributed by atoms with E-state index in [9.17, 15) is 9.59 Å². The minimum absolute atomic E-state index is 0.196. The molecule has 1 saturated heterocycles. The molecule has 2 rings (SSSR count). The highest BCUT2D eigenvalue weighted by Crippen LogP contribution is 2.22. The maximum Gasteiger partial charge on any atom is 0.332 e. The van der Waals surface area contributed by atoms with Crippen molar-refractivity contribution in [2.45, 2.75) is 44.9 Å². The Kier molecular flexibility index (Phi) is 4.16. The molecule has 6 nitrogen and oxygen atoms in total. The Balaban J connectivity index is 1.89. The van der Waals surface area contributed by atoms with Gasteiger partial charge in [-0.25, -0.2) is 9.78 Å². The van der Waals surface area contributed by atoms with Crippen LogP contribution >= 0.6 is 11.3 Å². The van der Waals surface area contributed by atoms with Crippen LogP contribution in [-0.2, 0) is 14.3 Å². The highest BCUT2D eigenvalue weighted by Gasteiger charge is 2.35. The molecule has 1 aromatic heterocycles. The Bertz CT molecular complexity index is 488. The van der Waals surface area contributed by atoms with Crippen LogP contribution < -0.4 is 5.32 Å². The van der Waals surface area contributed by atoms with Crippen molar-refractivity contribution in [1.82, 2.24) is 10.3 Å². The SMILES string of the molecule is Cc1csc(C(C)NC(=O)C2CCC(C(=O)O)O2)n1. The summed E-state index contributed by atoms with van der Waals surface area (Å²) in [6.07, 6.45) is -0.734. The number of carboxylic acids is 1. The molecule has 0 bridgehead atoms. The number of nitrogens with zero attached hydrogens (tertiary/aromatic N) is 1. The molecule has 1 fully saturated rings. The number of hydrogen-bond donors (Lipinski definition) is 2. The lowest BCUT2D eigenvalue weighted by Crippen LogP contribution is -2.37. The van der Waals surface area contributed by atoms with Crippen LogP contribution in [0.25, 0.3) is 0 Å². The van der Waals surface area contributed by atoms with E-state index in [4.69, 9.17) is 9.84 Å². The second-order valence-corrected chi connectivity index (χ2v) is 5.48. The van der Waals surface area contributed by atoms with Crippen molar-refractivity contribution in [3.63, 3.8) is 0 Å². The van der Waals surface area contributed by atoms with Gasteiger partial charge in [-0.2, -0.15) is 0 Å². The van der Waals surface area contributed by atoms with Gasteiger partial charge < -0.3 is 15.2 Å². The topological polar surface area (TPSA) is 88.5 Å². The summed E-state index contributed by atoms with van der Waals surface area (Å²) >= 11 is 1.49. The normalized spacial score (nSPS) is 24.1. The molecule has 19 heavy (non-hydrogen) atoms. The Hall–Kier alpha value is -1.47. The number of thiazole rings is 1. The average molecular weight is 284 g/mol. The summed E-state index contributed by atoms with van der Waals surface area (Å²) in [5.41, 5.74) is 0.921. The highest BCUT2D eigenvalue weighted by atomic mass is 32.1. The molecule has 0 radical (unpaired) electrons. The second kappa shape index (κ2) is 5.66. The number of carboxylic acid groups (broad SMARTS) is 1. The summed E-state index contributed by atoms with van der Waals surface area (Å²) in [6, 6.07) is -0.196. The molecule has 0 aromatic carbocycles. The molecule has 0 aliphatic carbocycles. The Morgan fingerprint density at radius 2 is 2.21 bits per heavy atom. The van der Waals surface area contributed by atoms with Crippen molar-refractivity contribution in [3.05, 3.63) is 16.1 Å².